The van der Waals surface area contributed by atoms with Gasteiger partial charge in [0.25, 0.3) is 0 Å². The van der Waals surface area contributed by atoms with E-state index >= 15 is 0 Å². The molecule has 3 rings (SSSR count). The molecule has 1 nitrogen and oxygen atoms in total. The summed E-state index contributed by atoms with van der Waals surface area (Å²) in [6.45, 7) is 9.76. The molecule has 2 saturated carbocycles. The summed E-state index contributed by atoms with van der Waals surface area (Å²) in [5.74, 6) is 2.59. The van der Waals surface area contributed by atoms with Crippen molar-refractivity contribution in [2.24, 2.45) is 11.1 Å². The fourth-order valence-electron chi connectivity index (χ4n) is 2.08. The Bertz CT molecular complexity index is 211. The van der Waals surface area contributed by atoms with Gasteiger partial charge in [-0.2, -0.15) is 11.8 Å². The van der Waals surface area contributed by atoms with Gasteiger partial charge in [-0.1, -0.05) is 27.7 Å². The summed E-state index contributed by atoms with van der Waals surface area (Å²) in [6, 6.07) is 0.583. The van der Waals surface area contributed by atoms with Crippen molar-refractivity contribution >= 4 is 11.8 Å². The molecular formula is C16H34FNS. The van der Waals surface area contributed by atoms with Crippen molar-refractivity contribution in [2.45, 2.75) is 84.9 Å². The normalized spacial score (nSPS) is 25.4. The molecule has 116 valence electrons. The topological polar surface area (TPSA) is 26.0 Å². The summed E-state index contributed by atoms with van der Waals surface area (Å²) in [5.41, 5.74) is 4.96. The molecule has 1 aliphatic heterocycles. The van der Waals surface area contributed by atoms with Gasteiger partial charge in [0.1, 0.15) is 5.67 Å². The van der Waals surface area contributed by atoms with Crippen LogP contribution in [0.2, 0.25) is 0 Å². The molecule has 1 heterocycles. The SMILES string of the molecule is CC.CC.CC1(F)CCC2(CC1)CSC2.NC1CC1. The highest BCUT2D eigenvalue weighted by molar-refractivity contribution is 8.00. The van der Waals surface area contributed by atoms with E-state index in [9.17, 15) is 4.39 Å². The summed E-state index contributed by atoms with van der Waals surface area (Å²) in [5, 5.41) is 0. The third-order valence-electron chi connectivity index (χ3n) is 3.79. The zero-order valence-electron chi connectivity index (χ0n) is 13.6. The van der Waals surface area contributed by atoms with Crippen LogP contribution in [0.4, 0.5) is 4.39 Å². The molecule has 0 aromatic rings. The van der Waals surface area contributed by atoms with Gasteiger partial charge in [0, 0.05) is 6.04 Å². The number of alkyl halides is 1. The standard InChI is InChI=1S/C9H15FS.C3H7N.2C2H6/c1-8(10)2-4-9(5-3-8)6-11-7-9;4-3-1-2-3;2*1-2/h2-7H2,1H3;3H,1-2,4H2;2*1-2H3. The molecule has 0 aromatic carbocycles. The van der Waals surface area contributed by atoms with Crippen molar-refractivity contribution in [3.05, 3.63) is 0 Å². The Labute approximate surface area is 124 Å². The second kappa shape index (κ2) is 9.23. The average Bonchev–Trinajstić information content (AvgIpc) is 3.16. The lowest BCUT2D eigenvalue weighted by atomic mass is 9.71. The highest BCUT2D eigenvalue weighted by Crippen LogP contribution is 2.51. The Kier molecular flexibility index (Phi) is 9.34. The van der Waals surface area contributed by atoms with Gasteiger partial charge in [0.05, 0.1) is 0 Å². The maximum absolute atomic E-state index is 13.4. The fraction of sp³-hybridized carbons (Fsp3) is 1.00. The van der Waals surface area contributed by atoms with Crippen molar-refractivity contribution < 1.29 is 4.39 Å². The molecule has 3 heteroatoms. The summed E-state index contributed by atoms with van der Waals surface area (Å²) in [4.78, 5) is 0. The van der Waals surface area contributed by atoms with Gasteiger partial charge < -0.3 is 5.73 Å². The first-order chi connectivity index (χ1) is 9.02. The Morgan fingerprint density at radius 2 is 1.32 bits per heavy atom. The molecule has 0 unspecified atom stereocenters. The molecule has 0 amide bonds. The van der Waals surface area contributed by atoms with Gasteiger partial charge in [0.15, 0.2) is 0 Å². The van der Waals surface area contributed by atoms with Crippen molar-refractivity contribution in [3.63, 3.8) is 0 Å². The maximum Gasteiger partial charge on any atom is 0.108 e. The Morgan fingerprint density at radius 3 is 1.53 bits per heavy atom. The smallest absolute Gasteiger partial charge is 0.108 e. The van der Waals surface area contributed by atoms with E-state index in [1.807, 2.05) is 39.5 Å². The van der Waals surface area contributed by atoms with Crippen LogP contribution in [0, 0.1) is 5.41 Å². The number of thioether (sulfide) groups is 1. The fourth-order valence-corrected chi connectivity index (χ4v) is 3.44. The van der Waals surface area contributed by atoms with E-state index in [0.29, 0.717) is 11.5 Å². The van der Waals surface area contributed by atoms with E-state index in [2.05, 4.69) is 0 Å². The molecule has 2 aliphatic carbocycles. The van der Waals surface area contributed by atoms with Gasteiger partial charge in [0.2, 0.25) is 0 Å². The molecule has 3 aliphatic rings. The van der Waals surface area contributed by atoms with Crippen molar-refractivity contribution in [1.82, 2.24) is 0 Å². The van der Waals surface area contributed by atoms with Gasteiger partial charge >= 0.3 is 0 Å². The quantitative estimate of drug-likeness (QED) is 0.665. The van der Waals surface area contributed by atoms with E-state index in [4.69, 9.17) is 5.73 Å². The van der Waals surface area contributed by atoms with Crippen LogP contribution in [-0.4, -0.2) is 23.2 Å². The zero-order chi connectivity index (χ0) is 14.9. The third kappa shape index (κ3) is 7.55. The molecule has 3 fully saturated rings. The Hall–Kier alpha value is 0.240. The average molecular weight is 292 g/mol. The van der Waals surface area contributed by atoms with Crippen LogP contribution >= 0.6 is 11.8 Å². The van der Waals surface area contributed by atoms with Gasteiger partial charge in [-0.3, -0.25) is 0 Å². The van der Waals surface area contributed by atoms with E-state index in [0.717, 1.165) is 25.7 Å². The first-order valence-electron chi connectivity index (χ1n) is 8.04. The number of halogens is 1. The van der Waals surface area contributed by atoms with Crippen molar-refractivity contribution in [3.8, 4) is 0 Å². The molecule has 0 atom stereocenters. The van der Waals surface area contributed by atoms with E-state index in [1.165, 1.54) is 24.3 Å². The van der Waals surface area contributed by atoms with Crippen LogP contribution in [0.3, 0.4) is 0 Å². The summed E-state index contributed by atoms with van der Waals surface area (Å²) >= 11 is 2.02. The summed E-state index contributed by atoms with van der Waals surface area (Å²) in [7, 11) is 0. The first-order valence-corrected chi connectivity index (χ1v) is 9.19. The second-order valence-electron chi connectivity index (χ2n) is 5.74. The highest BCUT2D eigenvalue weighted by atomic mass is 32.2. The van der Waals surface area contributed by atoms with Gasteiger partial charge in [-0.15, -0.1) is 0 Å². The number of hydrogen-bond acceptors (Lipinski definition) is 2. The molecule has 19 heavy (non-hydrogen) atoms. The minimum Gasteiger partial charge on any atom is -0.328 e. The molecular weight excluding hydrogens is 257 g/mol. The highest BCUT2D eigenvalue weighted by Gasteiger charge is 2.44. The number of hydrogen-bond donors (Lipinski definition) is 1. The molecule has 2 N–H and O–H groups in total. The lowest BCUT2D eigenvalue weighted by Gasteiger charge is -2.47. The molecule has 0 bridgehead atoms. The third-order valence-corrected chi connectivity index (χ3v) is 5.42. The monoisotopic (exact) mass is 291 g/mol. The number of nitrogens with two attached hydrogens (primary N) is 1. The summed E-state index contributed by atoms with van der Waals surface area (Å²) in [6.07, 6.45) is 6.39. The number of rotatable bonds is 0. The first kappa shape index (κ1) is 19.2. The van der Waals surface area contributed by atoms with E-state index in [-0.39, 0.29) is 0 Å². The second-order valence-corrected chi connectivity index (χ2v) is 6.73. The van der Waals surface area contributed by atoms with Crippen molar-refractivity contribution in [1.29, 1.82) is 0 Å². The minimum atomic E-state index is -0.842. The van der Waals surface area contributed by atoms with Crippen LogP contribution in [-0.2, 0) is 0 Å². The predicted octanol–water partition coefficient (Wildman–Crippen LogP) is 5.18. The van der Waals surface area contributed by atoms with Crippen LogP contribution in [0.15, 0.2) is 0 Å². The Morgan fingerprint density at radius 1 is 0.947 bits per heavy atom. The van der Waals surface area contributed by atoms with E-state index < -0.39 is 5.67 Å². The largest absolute Gasteiger partial charge is 0.328 e. The zero-order valence-corrected chi connectivity index (χ0v) is 14.4. The predicted molar refractivity (Wildman–Crippen MR) is 87.6 cm³/mol. The molecule has 1 saturated heterocycles. The minimum absolute atomic E-state index is 0.580. The van der Waals surface area contributed by atoms with Crippen LogP contribution in [0.1, 0.15) is 73.1 Å². The molecule has 0 radical (unpaired) electrons. The van der Waals surface area contributed by atoms with Crippen LogP contribution < -0.4 is 5.73 Å². The van der Waals surface area contributed by atoms with E-state index in [1.54, 1.807) is 6.92 Å². The lowest BCUT2D eigenvalue weighted by Crippen LogP contribution is -2.42. The maximum atomic E-state index is 13.4. The van der Waals surface area contributed by atoms with Crippen molar-refractivity contribution in [2.75, 3.05) is 11.5 Å². The lowest BCUT2D eigenvalue weighted by molar-refractivity contribution is 0.0702. The van der Waals surface area contributed by atoms with Crippen LogP contribution in [0.5, 0.6) is 0 Å². The summed E-state index contributed by atoms with van der Waals surface area (Å²) < 4.78 is 13.4. The Balaban J connectivity index is 0.000000339. The van der Waals surface area contributed by atoms with Gasteiger partial charge in [-0.05, 0) is 62.4 Å². The van der Waals surface area contributed by atoms with Crippen LogP contribution in [0.25, 0.3) is 0 Å². The molecule has 0 aromatic heterocycles. The van der Waals surface area contributed by atoms with Gasteiger partial charge in [-0.25, -0.2) is 4.39 Å². The molecule has 1 spiro atoms.